The van der Waals surface area contributed by atoms with Crippen molar-refractivity contribution in [3.8, 4) is 5.69 Å². The molecular weight excluding hydrogens is 250 g/mol. The molecule has 0 amide bonds. The van der Waals surface area contributed by atoms with Crippen LogP contribution in [0.3, 0.4) is 0 Å². The molecule has 1 aromatic carbocycles. The first kappa shape index (κ1) is 11.4. The Kier molecular flexibility index (Phi) is 2.30. The Morgan fingerprint density at radius 2 is 2.00 bits per heavy atom. The number of hydrogen-bond donors (Lipinski definition) is 1. The Morgan fingerprint density at radius 1 is 1.15 bits per heavy atom. The van der Waals surface area contributed by atoms with Crippen LogP contribution in [0.5, 0.6) is 0 Å². The lowest BCUT2D eigenvalue weighted by molar-refractivity contribution is 0.911. The first-order valence-electron chi connectivity index (χ1n) is 6.82. The molecule has 100 valence electrons. The number of nitrogens with zero attached hydrogens (tertiary/aromatic N) is 4. The summed E-state index contributed by atoms with van der Waals surface area (Å²) in [7, 11) is 0. The van der Waals surface area contributed by atoms with E-state index in [1.165, 1.54) is 24.0 Å². The van der Waals surface area contributed by atoms with Crippen LogP contribution in [0, 0.1) is 6.92 Å². The minimum atomic E-state index is 0.437. The van der Waals surface area contributed by atoms with E-state index >= 15 is 0 Å². The average Bonchev–Trinajstić information content (AvgIpc) is 3.03. The van der Waals surface area contributed by atoms with Crippen molar-refractivity contribution in [3.05, 3.63) is 41.5 Å². The lowest BCUT2D eigenvalue weighted by atomic mass is 10.1. The molecule has 3 aromatic rings. The third-order valence-electron chi connectivity index (χ3n) is 3.90. The first-order chi connectivity index (χ1) is 9.72. The zero-order valence-electron chi connectivity index (χ0n) is 11.3. The van der Waals surface area contributed by atoms with Gasteiger partial charge >= 0.3 is 0 Å². The summed E-state index contributed by atoms with van der Waals surface area (Å²) < 4.78 is 1.99. The van der Waals surface area contributed by atoms with Gasteiger partial charge in [-0.05, 0) is 49.4 Å². The van der Waals surface area contributed by atoms with Gasteiger partial charge in [-0.3, -0.25) is 4.57 Å². The topological polar surface area (TPSA) is 69.6 Å². The molecule has 0 saturated heterocycles. The molecule has 0 spiro atoms. The van der Waals surface area contributed by atoms with Crippen molar-refractivity contribution in [2.75, 3.05) is 5.73 Å². The molecule has 5 heteroatoms. The highest BCUT2D eigenvalue weighted by Crippen LogP contribution is 2.26. The van der Waals surface area contributed by atoms with E-state index in [9.17, 15) is 0 Å². The van der Waals surface area contributed by atoms with Crippen molar-refractivity contribution in [1.29, 1.82) is 0 Å². The van der Waals surface area contributed by atoms with E-state index in [4.69, 9.17) is 5.73 Å². The van der Waals surface area contributed by atoms with Gasteiger partial charge in [0.2, 0.25) is 0 Å². The SMILES string of the molecule is Cc1nc(N)c2ncn(-c3ccc4c(c3)CCC4)c2n1. The maximum absolute atomic E-state index is 5.91. The molecule has 0 unspecified atom stereocenters. The molecule has 4 rings (SSSR count). The predicted octanol–water partition coefficient (Wildman–Crippen LogP) is 2.19. The summed E-state index contributed by atoms with van der Waals surface area (Å²) in [4.78, 5) is 13.0. The van der Waals surface area contributed by atoms with Crippen molar-refractivity contribution in [2.24, 2.45) is 0 Å². The summed E-state index contributed by atoms with van der Waals surface area (Å²) in [5, 5.41) is 0. The van der Waals surface area contributed by atoms with Gasteiger partial charge < -0.3 is 5.73 Å². The van der Waals surface area contributed by atoms with Crippen molar-refractivity contribution in [2.45, 2.75) is 26.2 Å². The lowest BCUT2D eigenvalue weighted by Gasteiger charge is -2.07. The summed E-state index contributed by atoms with van der Waals surface area (Å²) in [5.41, 5.74) is 11.3. The number of imidazole rings is 1. The first-order valence-corrected chi connectivity index (χ1v) is 6.82. The average molecular weight is 265 g/mol. The molecule has 2 N–H and O–H groups in total. The van der Waals surface area contributed by atoms with E-state index in [0.717, 1.165) is 17.8 Å². The Morgan fingerprint density at radius 3 is 2.90 bits per heavy atom. The standard InChI is InChI=1S/C15H15N5/c1-9-18-14(16)13-15(19-9)20(8-17-13)12-6-5-10-3-2-4-11(10)7-12/h5-8H,2-4H2,1H3,(H2,16,18,19). The van der Waals surface area contributed by atoms with E-state index in [1.807, 2.05) is 11.5 Å². The molecule has 0 aliphatic heterocycles. The number of fused-ring (bicyclic) bond motifs is 2. The maximum atomic E-state index is 5.91. The van der Waals surface area contributed by atoms with Gasteiger partial charge in [0.1, 0.15) is 12.2 Å². The quantitative estimate of drug-likeness (QED) is 0.732. The molecule has 0 saturated carbocycles. The van der Waals surface area contributed by atoms with Gasteiger partial charge in [0.15, 0.2) is 17.0 Å². The summed E-state index contributed by atoms with van der Waals surface area (Å²) in [6.07, 6.45) is 5.37. The monoisotopic (exact) mass is 265 g/mol. The second kappa shape index (κ2) is 4.03. The van der Waals surface area contributed by atoms with Crippen LogP contribution in [0.4, 0.5) is 5.82 Å². The summed E-state index contributed by atoms with van der Waals surface area (Å²) in [6.45, 7) is 1.84. The second-order valence-corrected chi connectivity index (χ2v) is 5.25. The molecule has 20 heavy (non-hydrogen) atoms. The van der Waals surface area contributed by atoms with E-state index in [-0.39, 0.29) is 0 Å². The number of hydrogen-bond acceptors (Lipinski definition) is 4. The summed E-state index contributed by atoms with van der Waals surface area (Å²) in [5.74, 6) is 1.10. The number of nitrogens with two attached hydrogens (primary N) is 1. The van der Waals surface area contributed by atoms with Crippen LogP contribution in [0.2, 0.25) is 0 Å². The van der Waals surface area contributed by atoms with E-state index in [2.05, 4.69) is 33.2 Å². The molecule has 0 fully saturated rings. The minimum Gasteiger partial charge on any atom is -0.382 e. The second-order valence-electron chi connectivity index (χ2n) is 5.25. The number of nitrogen functional groups attached to an aromatic ring is 1. The van der Waals surface area contributed by atoms with Crippen LogP contribution in [-0.2, 0) is 12.8 Å². The number of benzene rings is 1. The fourth-order valence-electron chi connectivity index (χ4n) is 2.93. The lowest BCUT2D eigenvalue weighted by Crippen LogP contribution is -2.00. The van der Waals surface area contributed by atoms with Gasteiger partial charge in [-0.2, -0.15) is 0 Å². The molecule has 5 nitrogen and oxygen atoms in total. The number of aryl methyl sites for hydroxylation is 3. The Bertz CT molecular complexity index is 818. The Balaban J connectivity index is 1.94. The molecular formula is C15H15N5. The van der Waals surface area contributed by atoms with Crippen LogP contribution in [0.1, 0.15) is 23.4 Å². The largest absolute Gasteiger partial charge is 0.382 e. The van der Waals surface area contributed by atoms with Gasteiger partial charge in [-0.1, -0.05) is 6.07 Å². The zero-order chi connectivity index (χ0) is 13.7. The number of rotatable bonds is 1. The predicted molar refractivity (Wildman–Crippen MR) is 77.8 cm³/mol. The normalized spacial score (nSPS) is 13.8. The summed E-state index contributed by atoms with van der Waals surface area (Å²) >= 11 is 0. The zero-order valence-corrected chi connectivity index (χ0v) is 11.3. The highest BCUT2D eigenvalue weighted by atomic mass is 15.1. The number of anilines is 1. The van der Waals surface area contributed by atoms with Crippen molar-refractivity contribution in [3.63, 3.8) is 0 Å². The number of aromatic nitrogens is 4. The minimum absolute atomic E-state index is 0.437. The highest BCUT2D eigenvalue weighted by Gasteiger charge is 2.14. The Hall–Kier alpha value is -2.43. The molecule has 0 radical (unpaired) electrons. The van der Waals surface area contributed by atoms with Crippen LogP contribution < -0.4 is 5.73 Å². The molecule has 2 aromatic heterocycles. The van der Waals surface area contributed by atoms with Gasteiger partial charge in [0.25, 0.3) is 0 Å². The fraction of sp³-hybridized carbons (Fsp3) is 0.267. The van der Waals surface area contributed by atoms with Crippen LogP contribution >= 0.6 is 0 Å². The van der Waals surface area contributed by atoms with Crippen LogP contribution in [0.15, 0.2) is 24.5 Å². The molecule has 0 bridgehead atoms. The molecule has 1 aliphatic carbocycles. The van der Waals surface area contributed by atoms with Gasteiger partial charge in [0, 0.05) is 5.69 Å². The van der Waals surface area contributed by atoms with Crippen molar-refractivity contribution >= 4 is 17.0 Å². The van der Waals surface area contributed by atoms with Gasteiger partial charge in [-0.25, -0.2) is 15.0 Å². The third-order valence-corrected chi connectivity index (χ3v) is 3.90. The third kappa shape index (κ3) is 1.59. The van der Waals surface area contributed by atoms with E-state index in [1.54, 1.807) is 6.33 Å². The van der Waals surface area contributed by atoms with Crippen molar-refractivity contribution in [1.82, 2.24) is 19.5 Å². The maximum Gasteiger partial charge on any atom is 0.170 e. The molecule has 1 aliphatic rings. The smallest absolute Gasteiger partial charge is 0.170 e. The van der Waals surface area contributed by atoms with Crippen molar-refractivity contribution < 1.29 is 0 Å². The van der Waals surface area contributed by atoms with Gasteiger partial charge in [0.05, 0.1) is 0 Å². The molecule has 2 heterocycles. The highest BCUT2D eigenvalue weighted by molar-refractivity contribution is 5.82. The van der Waals surface area contributed by atoms with E-state index in [0.29, 0.717) is 17.2 Å². The summed E-state index contributed by atoms with van der Waals surface area (Å²) in [6, 6.07) is 6.57. The van der Waals surface area contributed by atoms with Crippen LogP contribution in [-0.4, -0.2) is 19.5 Å². The van der Waals surface area contributed by atoms with Gasteiger partial charge in [-0.15, -0.1) is 0 Å². The molecule has 0 atom stereocenters. The Labute approximate surface area is 116 Å². The van der Waals surface area contributed by atoms with E-state index < -0.39 is 0 Å². The fourth-order valence-corrected chi connectivity index (χ4v) is 2.93. The van der Waals surface area contributed by atoms with Crippen LogP contribution in [0.25, 0.3) is 16.9 Å².